The van der Waals surface area contributed by atoms with Gasteiger partial charge in [-0.15, -0.1) is 0 Å². The summed E-state index contributed by atoms with van der Waals surface area (Å²) < 4.78 is 0. The number of hydrogen-bond donors (Lipinski definition) is 0. The molecule has 0 aliphatic carbocycles. The van der Waals surface area contributed by atoms with E-state index >= 15 is 0 Å². The number of rotatable bonds is 0. The quantitative estimate of drug-likeness (QED) is 0.514. The van der Waals surface area contributed by atoms with Crippen LogP contribution in [0.3, 0.4) is 0 Å². The molecule has 0 atom stereocenters. The van der Waals surface area contributed by atoms with Crippen molar-refractivity contribution in [3.05, 3.63) is 5.53 Å². The van der Waals surface area contributed by atoms with Crippen molar-refractivity contribution >= 4 is 32.8 Å². The van der Waals surface area contributed by atoms with Gasteiger partial charge >= 0.3 is 0 Å². The smallest absolute Gasteiger partial charge is 0.0273 e. The van der Waals surface area contributed by atoms with E-state index in [1.54, 1.807) is 0 Å². The second-order valence-electron chi connectivity index (χ2n) is 0.500. The van der Waals surface area contributed by atoms with Gasteiger partial charge in [0.1, 0.15) is 0 Å². The van der Waals surface area contributed by atoms with Crippen molar-refractivity contribution in [1.29, 1.82) is 0 Å². The molecular weight excluding hydrogens is 137 g/mol. The van der Waals surface area contributed by atoms with Crippen LogP contribution in [0.4, 0.5) is 0 Å². The van der Waals surface area contributed by atoms with Crippen LogP contribution in [0.15, 0.2) is 5.53 Å². The van der Waals surface area contributed by atoms with Crippen molar-refractivity contribution in [2.24, 2.45) is 0 Å². The van der Waals surface area contributed by atoms with Crippen molar-refractivity contribution in [2.75, 3.05) is 0 Å². The molecule has 0 N–H and O–H groups in total. The summed E-state index contributed by atoms with van der Waals surface area (Å²) in [6.07, 6.45) is 0. The van der Waals surface area contributed by atoms with Gasteiger partial charge in [0.05, 0.1) is 0 Å². The van der Waals surface area contributed by atoms with Gasteiger partial charge in [-0.05, 0) is 7.87 Å². The van der Waals surface area contributed by atoms with E-state index in [1.165, 1.54) is 22.3 Å². The van der Waals surface area contributed by atoms with Gasteiger partial charge in [0.2, 0.25) is 0 Å². The van der Waals surface area contributed by atoms with Crippen molar-refractivity contribution in [1.82, 2.24) is 0 Å². The maximum Gasteiger partial charge on any atom is 0.0273 e. The molecule has 1 heterocycles. The first-order valence-electron chi connectivity index (χ1n) is 1.08. The maximum absolute atomic E-state index is 2.26. The van der Waals surface area contributed by atoms with Gasteiger partial charge in [-0.1, -0.05) is 10.5 Å². The highest BCUT2D eigenvalue weighted by Crippen LogP contribution is 2.34. The molecule has 0 saturated heterocycles. The van der Waals surface area contributed by atoms with Crippen LogP contribution in [0, 0.1) is 0 Å². The molecule has 0 bridgehead atoms. The van der Waals surface area contributed by atoms with Gasteiger partial charge in [0.25, 0.3) is 0 Å². The molecule has 1 aromatic heterocycles. The largest absolute Gasteiger partial charge is 0.0845 e. The Labute approximate surface area is 38.9 Å². The Morgan fingerprint density at radius 1 is 1.60 bits per heavy atom. The summed E-state index contributed by atoms with van der Waals surface area (Å²) in [4.78, 5) is 0. The van der Waals surface area contributed by atoms with E-state index in [4.69, 9.17) is 0 Å². The van der Waals surface area contributed by atoms with E-state index in [9.17, 15) is 0 Å². The molecule has 1 rings (SSSR count). The predicted octanol–water partition coefficient (Wildman–Crippen LogP) is 3.49. The van der Waals surface area contributed by atoms with Crippen LogP contribution in [0.25, 0.3) is 0 Å². The first-order chi connectivity index (χ1) is 2.50. The predicted molar refractivity (Wildman–Crippen MR) is 31.9 cm³/mol. The number of hydrogen-bond acceptors (Lipinski definition) is 1. The summed E-state index contributed by atoms with van der Waals surface area (Å²) in [6.45, 7) is 0. The van der Waals surface area contributed by atoms with Gasteiger partial charge in [-0.25, -0.2) is 0 Å². The Bertz CT molecular complexity index is 63.4. The van der Waals surface area contributed by atoms with E-state index < -0.39 is 0 Å². The summed E-state index contributed by atoms with van der Waals surface area (Å²) in [5.41, 5.74) is 2.26. The van der Waals surface area contributed by atoms with E-state index in [1.807, 2.05) is 10.5 Å². The van der Waals surface area contributed by atoms with E-state index in [-0.39, 0.29) is 0 Å². The molecule has 0 aliphatic heterocycles. The Kier molecular flexibility index (Phi) is 1.84. The second kappa shape index (κ2) is 2.21. The zero-order valence-corrected chi connectivity index (χ0v) is 5.83. The molecule has 4 heteroatoms. The molecule has 0 unspecified atom stereocenters. The third-order valence-corrected chi connectivity index (χ3v) is 8.17. The molecule has 26 valence electrons. The monoisotopic (exact) mass is 138 g/mol. The molecule has 0 fully saturated rings. The fourth-order valence-corrected chi connectivity index (χ4v) is 8.54. The van der Waals surface area contributed by atoms with Crippen molar-refractivity contribution in [2.45, 2.75) is 0 Å². The minimum absolute atomic E-state index is 1.46. The van der Waals surface area contributed by atoms with Crippen LogP contribution in [0.1, 0.15) is 0 Å². The molecule has 0 radical (unpaired) electrons. The van der Waals surface area contributed by atoms with Crippen molar-refractivity contribution in [3.63, 3.8) is 0 Å². The third-order valence-electron chi connectivity index (χ3n) is 0.230. The van der Waals surface area contributed by atoms with E-state index in [0.29, 0.717) is 0 Å². The van der Waals surface area contributed by atoms with Crippen LogP contribution in [-0.2, 0) is 0 Å². The lowest BCUT2D eigenvalue weighted by Gasteiger charge is -1.35. The summed E-state index contributed by atoms with van der Waals surface area (Å²) in [7, 11) is 6.41. The third kappa shape index (κ3) is 1.24. The molecule has 0 aromatic carbocycles. The minimum atomic E-state index is 1.46. The molecule has 0 aliphatic rings. The van der Waals surface area contributed by atoms with Crippen LogP contribution in [-0.4, -0.2) is 0 Å². The Balaban J connectivity index is 3.13. The Hall–Kier alpha value is 0.990. The zero-order valence-electron chi connectivity index (χ0n) is 2.33. The lowest BCUT2D eigenvalue weighted by atomic mass is 11.9. The lowest BCUT2D eigenvalue weighted by molar-refractivity contribution is 3.00. The van der Waals surface area contributed by atoms with Crippen molar-refractivity contribution in [3.8, 4) is 0 Å². The summed E-state index contributed by atoms with van der Waals surface area (Å²) >= 11 is 0. The van der Waals surface area contributed by atoms with Gasteiger partial charge in [0.15, 0.2) is 0 Å². The Morgan fingerprint density at radius 3 is 2.80 bits per heavy atom. The first kappa shape index (κ1) is 4.16. The standard InChI is InChI=1S/CHP3S/c1-2-4-5-3-1/h1H. The molecule has 0 nitrogen and oxygen atoms in total. The average Bonchev–Trinajstić information content (AvgIpc) is 1.76. The second-order valence-corrected chi connectivity index (χ2v) is 7.44. The van der Waals surface area contributed by atoms with Crippen LogP contribution in [0.5, 0.6) is 0 Å². The first-order valence-corrected chi connectivity index (χ1v) is 6.64. The van der Waals surface area contributed by atoms with Gasteiger partial charge in [0, 0.05) is 20.0 Å². The molecule has 0 saturated carbocycles. The van der Waals surface area contributed by atoms with E-state index in [2.05, 4.69) is 5.53 Å². The molecular formula is CHP3S. The fraction of sp³-hybridized carbons (Fsp3) is 0. The van der Waals surface area contributed by atoms with Crippen molar-refractivity contribution < 1.29 is 0 Å². The highest BCUT2D eigenvalue weighted by Gasteiger charge is 1.62. The van der Waals surface area contributed by atoms with Gasteiger partial charge in [-0.2, -0.15) is 0 Å². The molecule has 0 amide bonds. The maximum atomic E-state index is 2.26. The molecule has 1 aromatic rings. The topological polar surface area (TPSA) is 0 Å². The van der Waals surface area contributed by atoms with Crippen LogP contribution >= 0.6 is 32.8 Å². The highest BCUT2D eigenvalue weighted by molar-refractivity contribution is 8.26. The molecule has 5 heavy (non-hydrogen) atoms. The summed E-state index contributed by atoms with van der Waals surface area (Å²) in [5.74, 6) is 0. The average molecular weight is 138 g/mol. The van der Waals surface area contributed by atoms with E-state index in [0.717, 1.165) is 0 Å². The highest BCUT2D eigenvalue weighted by atomic mass is 32.9. The minimum Gasteiger partial charge on any atom is -0.0845 e. The zero-order chi connectivity index (χ0) is 3.54. The lowest BCUT2D eigenvalue weighted by Crippen LogP contribution is -0.807. The summed E-state index contributed by atoms with van der Waals surface area (Å²) in [6, 6.07) is 0. The SMILES string of the molecule is c1ppsp1. The molecule has 0 spiro atoms. The fourth-order valence-electron chi connectivity index (χ4n) is 0.105. The Morgan fingerprint density at radius 2 is 2.60 bits per heavy atom. The van der Waals surface area contributed by atoms with Crippen LogP contribution < -0.4 is 0 Å². The normalized spacial score (nSPS) is 12.8. The van der Waals surface area contributed by atoms with Gasteiger partial charge in [-0.3, -0.25) is 0 Å². The van der Waals surface area contributed by atoms with Gasteiger partial charge < -0.3 is 0 Å². The van der Waals surface area contributed by atoms with Crippen LogP contribution in [0.2, 0.25) is 0 Å². The summed E-state index contributed by atoms with van der Waals surface area (Å²) in [5, 5.41) is 0.